The van der Waals surface area contributed by atoms with Crippen LogP contribution in [-0.4, -0.2) is 35.1 Å². The van der Waals surface area contributed by atoms with Gasteiger partial charge in [-0.15, -0.1) is 21.8 Å². The van der Waals surface area contributed by atoms with Crippen LogP contribution in [0.5, 0.6) is 0 Å². The van der Waals surface area contributed by atoms with Gasteiger partial charge in [0.15, 0.2) is 11.5 Å². The molecule has 0 unspecified atom stereocenters. The highest BCUT2D eigenvalue weighted by molar-refractivity contribution is 6.28. The summed E-state index contributed by atoms with van der Waals surface area (Å²) in [7, 11) is 1.24. The number of methoxy groups -OCH3 is 1. The van der Waals surface area contributed by atoms with Crippen LogP contribution in [-0.2, 0) is 9.53 Å². The molecule has 1 N–H and O–H groups in total. The van der Waals surface area contributed by atoms with E-state index in [1.165, 1.54) is 19.2 Å². The maximum Gasteiger partial charge on any atom is 0.358 e. The molecule has 6 nitrogen and oxygen atoms in total. The second kappa shape index (κ2) is 5.26. The molecule has 0 atom stereocenters. The Morgan fingerprint density at radius 3 is 2.67 bits per heavy atom. The second-order valence-electron chi connectivity index (χ2n) is 2.48. The zero-order chi connectivity index (χ0) is 11.3. The van der Waals surface area contributed by atoms with E-state index in [2.05, 4.69) is 20.3 Å². The number of nitrogens with zero attached hydrogens (tertiary/aromatic N) is 2. The number of rotatable bonds is 3. The summed E-state index contributed by atoms with van der Waals surface area (Å²) in [4.78, 5) is 21.8. The minimum Gasteiger partial charge on any atom is -0.464 e. The summed E-state index contributed by atoms with van der Waals surface area (Å²) in [5.74, 6) is -0.914. The molecule has 80 valence electrons. The van der Waals surface area contributed by atoms with E-state index < -0.39 is 11.9 Å². The maximum atomic E-state index is 11.0. The standard InChI is InChI=1S/C8H8ClN3O3/c1-15-8(14)5-2-3-6(12-11-5)10-7(13)4-9/h2-3H,4H2,1H3,(H,10,12,13). The Bertz CT molecular complexity index is 366. The lowest BCUT2D eigenvalue weighted by molar-refractivity contribution is -0.113. The van der Waals surface area contributed by atoms with Crippen molar-refractivity contribution in [3.63, 3.8) is 0 Å². The molecular formula is C8H8ClN3O3. The highest BCUT2D eigenvalue weighted by Gasteiger charge is 2.08. The molecule has 0 fully saturated rings. The van der Waals surface area contributed by atoms with Crippen LogP contribution in [0, 0.1) is 0 Å². The largest absolute Gasteiger partial charge is 0.464 e. The fourth-order valence-electron chi connectivity index (χ4n) is 0.789. The number of nitrogens with one attached hydrogen (secondary N) is 1. The molecule has 1 aromatic rings. The Morgan fingerprint density at radius 2 is 2.20 bits per heavy atom. The van der Waals surface area contributed by atoms with Gasteiger partial charge < -0.3 is 10.1 Å². The first-order valence-corrected chi connectivity index (χ1v) is 4.48. The molecule has 0 radical (unpaired) electrons. The van der Waals surface area contributed by atoms with Crippen LogP contribution in [0.1, 0.15) is 10.5 Å². The van der Waals surface area contributed by atoms with Gasteiger partial charge in [-0.2, -0.15) is 0 Å². The van der Waals surface area contributed by atoms with E-state index >= 15 is 0 Å². The molecule has 15 heavy (non-hydrogen) atoms. The van der Waals surface area contributed by atoms with Crippen molar-refractivity contribution >= 4 is 29.3 Å². The van der Waals surface area contributed by atoms with Gasteiger partial charge in [-0.1, -0.05) is 0 Å². The molecule has 1 rings (SSSR count). The molecule has 0 saturated heterocycles. The minimum absolute atomic E-state index is 0.0707. The third-order valence-electron chi connectivity index (χ3n) is 1.45. The van der Waals surface area contributed by atoms with Crippen LogP contribution >= 0.6 is 11.6 Å². The average Bonchev–Trinajstić information content (AvgIpc) is 2.29. The number of amides is 1. The van der Waals surface area contributed by atoms with Crippen LogP contribution in [0.15, 0.2) is 12.1 Å². The summed E-state index contributed by atoms with van der Waals surface area (Å²) in [6.45, 7) is 0. The van der Waals surface area contributed by atoms with Crippen LogP contribution in [0.4, 0.5) is 5.82 Å². The van der Waals surface area contributed by atoms with E-state index in [1.807, 2.05) is 0 Å². The highest BCUT2D eigenvalue weighted by Crippen LogP contribution is 2.02. The second-order valence-corrected chi connectivity index (χ2v) is 2.74. The molecule has 1 amide bonds. The van der Waals surface area contributed by atoms with Crippen molar-refractivity contribution in [2.45, 2.75) is 0 Å². The molecule has 0 aliphatic rings. The molecular weight excluding hydrogens is 222 g/mol. The molecule has 1 aromatic heterocycles. The first kappa shape index (κ1) is 11.4. The molecule has 0 saturated carbocycles. The predicted octanol–water partition coefficient (Wildman–Crippen LogP) is 0.440. The van der Waals surface area contributed by atoms with E-state index in [0.717, 1.165) is 0 Å². The van der Waals surface area contributed by atoms with Gasteiger partial charge in [-0.25, -0.2) is 4.79 Å². The number of halogens is 1. The summed E-state index contributed by atoms with van der Waals surface area (Å²) in [5.41, 5.74) is 0.0707. The van der Waals surface area contributed by atoms with Crippen LogP contribution in [0.2, 0.25) is 0 Å². The first-order chi connectivity index (χ1) is 7.17. The highest BCUT2D eigenvalue weighted by atomic mass is 35.5. The number of hydrogen-bond donors (Lipinski definition) is 1. The number of hydrogen-bond acceptors (Lipinski definition) is 5. The zero-order valence-electron chi connectivity index (χ0n) is 7.86. The van der Waals surface area contributed by atoms with Gasteiger partial charge >= 0.3 is 5.97 Å². The van der Waals surface area contributed by atoms with Crippen LogP contribution in [0.3, 0.4) is 0 Å². The fraction of sp³-hybridized carbons (Fsp3) is 0.250. The predicted molar refractivity (Wildman–Crippen MR) is 52.7 cm³/mol. The third kappa shape index (κ3) is 3.17. The summed E-state index contributed by atoms with van der Waals surface area (Å²) < 4.78 is 4.43. The Hall–Kier alpha value is -1.69. The topological polar surface area (TPSA) is 81.2 Å². The zero-order valence-corrected chi connectivity index (χ0v) is 8.61. The van der Waals surface area contributed by atoms with Crippen molar-refractivity contribution in [2.24, 2.45) is 0 Å². The SMILES string of the molecule is COC(=O)c1ccc(NC(=O)CCl)nn1. The van der Waals surface area contributed by atoms with Crippen molar-refractivity contribution in [3.8, 4) is 0 Å². The van der Waals surface area contributed by atoms with E-state index in [4.69, 9.17) is 11.6 Å². The van der Waals surface area contributed by atoms with Crippen LogP contribution in [0.25, 0.3) is 0 Å². The van der Waals surface area contributed by atoms with E-state index in [9.17, 15) is 9.59 Å². The van der Waals surface area contributed by atoms with E-state index in [0.29, 0.717) is 0 Å². The Labute approximate surface area is 90.6 Å². The lowest BCUT2D eigenvalue weighted by atomic mass is 10.4. The van der Waals surface area contributed by atoms with Gasteiger partial charge in [-0.05, 0) is 12.1 Å². The van der Waals surface area contributed by atoms with E-state index in [-0.39, 0.29) is 17.4 Å². The maximum absolute atomic E-state index is 11.0. The van der Waals surface area contributed by atoms with Crippen LogP contribution < -0.4 is 5.32 Å². The van der Waals surface area contributed by atoms with Crippen molar-refractivity contribution in [2.75, 3.05) is 18.3 Å². The minimum atomic E-state index is -0.585. The van der Waals surface area contributed by atoms with Gasteiger partial charge in [0.05, 0.1) is 7.11 Å². The number of carbonyl (C=O) groups excluding carboxylic acids is 2. The molecule has 0 aromatic carbocycles. The molecule has 0 spiro atoms. The van der Waals surface area contributed by atoms with Gasteiger partial charge in [0.2, 0.25) is 5.91 Å². The number of alkyl halides is 1. The van der Waals surface area contributed by atoms with Gasteiger partial charge in [-0.3, -0.25) is 4.79 Å². The molecule has 7 heteroatoms. The van der Waals surface area contributed by atoms with Gasteiger partial charge in [0, 0.05) is 0 Å². The fourth-order valence-corrected chi connectivity index (χ4v) is 0.855. The molecule has 0 aliphatic heterocycles. The number of esters is 1. The molecule has 0 bridgehead atoms. The summed E-state index contributed by atoms with van der Waals surface area (Å²) in [6, 6.07) is 2.83. The number of carbonyl (C=O) groups is 2. The molecule has 0 aliphatic carbocycles. The quantitative estimate of drug-likeness (QED) is 0.601. The van der Waals surface area contributed by atoms with Gasteiger partial charge in [0.25, 0.3) is 0 Å². The Morgan fingerprint density at radius 1 is 1.47 bits per heavy atom. The lowest BCUT2D eigenvalue weighted by Crippen LogP contribution is -2.15. The number of ether oxygens (including phenoxy) is 1. The Kier molecular flexibility index (Phi) is 3.99. The summed E-state index contributed by atoms with van der Waals surface area (Å²) in [6.07, 6.45) is 0. The normalized spacial score (nSPS) is 9.47. The van der Waals surface area contributed by atoms with E-state index in [1.54, 1.807) is 0 Å². The summed E-state index contributed by atoms with van der Waals surface area (Å²) >= 11 is 5.27. The smallest absolute Gasteiger partial charge is 0.358 e. The first-order valence-electron chi connectivity index (χ1n) is 3.95. The number of aromatic nitrogens is 2. The molecule has 1 heterocycles. The lowest BCUT2D eigenvalue weighted by Gasteiger charge is -2.01. The average molecular weight is 230 g/mol. The van der Waals surface area contributed by atoms with Crippen molar-refractivity contribution in [1.82, 2.24) is 10.2 Å². The van der Waals surface area contributed by atoms with Gasteiger partial charge in [0.1, 0.15) is 5.88 Å². The van der Waals surface area contributed by atoms with Crippen molar-refractivity contribution in [1.29, 1.82) is 0 Å². The Balaban J connectivity index is 2.72. The summed E-state index contributed by atoms with van der Waals surface area (Å²) in [5, 5.41) is 9.53. The van der Waals surface area contributed by atoms with Crippen molar-refractivity contribution in [3.05, 3.63) is 17.8 Å². The van der Waals surface area contributed by atoms with Crippen molar-refractivity contribution < 1.29 is 14.3 Å². The monoisotopic (exact) mass is 229 g/mol. The number of anilines is 1. The third-order valence-corrected chi connectivity index (χ3v) is 1.69.